The molecule has 0 bridgehead atoms. The molecule has 5 rings (SSSR count). The summed E-state index contributed by atoms with van der Waals surface area (Å²) in [6.07, 6.45) is 5.10. The standard InChI is InChI=1S/C21H15FN6/c1-12-9-13(5-6-18(12)22)26-21-15-7-8-23-10-17(15)14-3-2-4-16(19(14)27-21)20-24-11-25-28-20/h2-11H,1H3,(H,26,27)(H,24,25,28). The highest BCUT2D eigenvalue weighted by Gasteiger charge is 2.14. The zero-order valence-electron chi connectivity index (χ0n) is 14.9. The van der Waals surface area contributed by atoms with Crippen molar-refractivity contribution in [3.8, 4) is 11.4 Å². The minimum absolute atomic E-state index is 0.237. The molecule has 0 aliphatic heterocycles. The van der Waals surface area contributed by atoms with Gasteiger partial charge in [-0.1, -0.05) is 12.1 Å². The summed E-state index contributed by atoms with van der Waals surface area (Å²) in [6.45, 7) is 1.73. The van der Waals surface area contributed by atoms with E-state index in [1.54, 1.807) is 25.3 Å². The predicted octanol–water partition coefficient (Wildman–Crippen LogP) is 4.76. The summed E-state index contributed by atoms with van der Waals surface area (Å²) in [6, 6.07) is 12.7. The van der Waals surface area contributed by atoms with E-state index < -0.39 is 0 Å². The highest BCUT2D eigenvalue weighted by atomic mass is 19.1. The van der Waals surface area contributed by atoms with Crippen molar-refractivity contribution in [1.82, 2.24) is 25.1 Å². The van der Waals surface area contributed by atoms with E-state index in [0.29, 0.717) is 17.2 Å². The van der Waals surface area contributed by atoms with Crippen LogP contribution in [0.1, 0.15) is 5.56 Å². The van der Waals surface area contributed by atoms with Crippen molar-refractivity contribution in [3.05, 3.63) is 72.6 Å². The summed E-state index contributed by atoms with van der Waals surface area (Å²) in [5.74, 6) is 1.08. The zero-order chi connectivity index (χ0) is 19.1. The number of hydrogen-bond acceptors (Lipinski definition) is 5. The first-order valence-electron chi connectivity index (χ1n) is 8.77. The highest BCUT2D eigenvalue weighted by molar-refractivity contribution is 6.13. The second-order valence-corrected chi connectivity index (χ2v) is 6.51. The maximum atomic E-state index is 13.6. The Morgan fingerprint density at radius 2 is 1.96 bits per heavy atom. The number of para-hydroxylation sites is 1. The number of H-pyrrole nitrogens is 1. The fourth-order valence-corrected chi connectivity index (χ4v) is 3.35. The lowest BCUT2D eigenvalue weighted by molar-refractivity contribution is 0.619. The van der Waals surface area contributed by atoms with Gasteiger partial charge in [0, 0.05) is 39.8 Å². The summed E-state index contributed by atoms with van der Waals surface area (Å²) in [4.78, 5) is 12.2. The van der Waals surface area contributed by atoms with Gasteiger partial charge in [-0.15, -0.1) is 10.2 Å². The number of halogens is 1. The fourth-order valence-electron chi connectivity index (χ4n) is 3.35. The van der Waals surface area contributed by atoms with E-state index in [-0.39, 0.29) is 5.82 Å². The van der Waals surface area contributed by atoms with Crippen molar-refractivity contribution in [2.75, 3.05) is 5.32 Å². The van der Waals surface area contributed by atoms with Crippen molar-refractivity contribution >= 4 is 33.2 Å². The molecule has 0 saturated heterocycles. The van der Waals surface area contributed by atoms with E-state index in [4.69, 9.17) is 4.98 Å². The van der Waals surface area contributed by atoms with Gasteiger partial charge in [0.1, 0.15) is 18.0 Å². The molecule has 28 heavy (non-hydrogen) atoms. The summed E-state index contributed by atoms with van der Waals surface area (Å²) in [5, 5.41) is 14.2. The molecule has 0 amide bonds. The Kier molecular flexibility index (Phi) is 3.72. The third-order valence-corrected chi connectivity index (χ3v) is 4.72. The van der Waals surface area contributed by atoms with Gasteiger partial charge in [0.05, 0.1) is 5.52 Å². The molecular formula is C21H15FN6. The molecule has 6 nitrogen and oxygen atoms in total. The van der Waals surface area contributed by atoms with Crippen LogP contribution in [0.2, 0.25) is 0 Å². The predicted molar refractivity (Wildman–Crippen MR) is 107 cm³/mol. The third-order valence-electron chi connectivity index (χ3n) is 4.72. The molecule has 3 aromatic heterocycles. The molecule has 3 heterocycles. The third kappa shape index (κ3) is 2.64. The Labute approximate surface area is 159 Å². The number of hydrogen-bond donors (Lipinski definition) is 2. The maximum Gasteiger partial charge on any atom is 0.163 e. The normalized spacial score (nSPS) is 11.2. The molecule has 0 fully saturated rings. The van der Waals surface area contributed by atoms with Crippen LogP contribution in [0, 0.1) is 12.7 Å². The number of pyridine rings is 2. The minimum Gasteiger partial charge on any atom is -0.340 e. The van der Waals surface area contributed by atoms with Gasteiger partial charge in [-0.3, -0.25) is 4.98 Å². The van der Waals surface area contributed by atoms with Crippen LogP contribution in [-0.4, -0.2) is 25.1 Å². The van der Waals surface area contributed by atoms with E-state index in [1.807, 2.05) is 30.5 Å². The van der Waals surface area contributed by atoms with Crippen LogP contribution < -0.4 is 5.32 Å². The first kappa shape index (κ1) is 16.3. The molecule has 2 aromatic carbocycles. The molecule has 0 atom stereocenters. The monoisotopic (exact) mass is 370 g/mol. The van der Waals surface area contributed by atoms with Crippen molar-refractivity contribution in [2.24, 2.45) is 0 Å². The number of aryl methyl sites for hydroxylation is 1. The molecular weight excluding hydrogens is 355 g/mol. The van der Waals surface area contributed by atoms with Crippen molar-refractivity contribution in [2.45, 2.75) is 6.92 Å². The number of nitrogens with zero attached hydrogens (tertiary/aromatic N) is 4. The molecule has 136 valence electrons. The molecule has 7 heteroatoms. The van der Waals surface area contributed by atoms with Crippen LogP contribution in [0.4, 0.5) is 15.9 Å². The number of aromatic nitrogens is 5. The van der Waals surface area contributed by atoms with Crippen molar-refractivity contribution in [3.63, 3.8) is 0 Å². The molecule has 0 radical (unpaired) electrons. The van der Waals surface area contributed by atoms with E-state index in [2.05, 4.69) is 25.5 Å². The van der Waals surface area contributed by atoms with E-state index in [0.717, 1.165) is 32.9 Å². The number of aromatic amines is 1. The SMILES string of the molecule is Cc1cc(Nc2nc3c(-c4nnc[nH]4)cccc3c3cnccc23)ccc1F. The first-order valence-corrected chi connectivity index (χ1v) is 8.77. The summed E-state index contributed by atoms with van der Waals surface area (Å²) < 4.78 is 13.6. The molecule has 0 spiro atoms. The fraction of sp³-hybridized carbons (Fsp3) is 0.0476. The molecule has 0 unspecified atom stereocenters. The lowest BCUT2D eigenvalue weighted by atomic mass is 10.0. The van der Waals surface area contributed by atoms with Crippen LogP contribution in [0.3, 0.4) is 0 Å². The van der Waals surface area contributed by atoms with Gasteiger partial charge in [0.15, 0.2) is 5.82 Å². The Morgan fingerprint density at radius 1 is 1.04 bits per heavy atom. The minimum atomic E-state index is -0.237. The first-order chi connectivity index (χ1) is 13.7. The van der Waals surface area contributed by atoms with Gasteiger partial charge in [-0.2, -0.15) is 0 Å². The topological polar surface area (TPSA) is 79.4 Å². The smallest absolute Gasteiger partial charge is 0.163 e. The average molecular weight is 370 g/mol. The van der Waals surface area contributed by atoms with Gasteiger partial charge in [-0.05, 0) is 42.8 Å². The highest BCUT2D eigenvalue weighted by Crippen LogP contribution is 2.34. The average Bonchev–Trinajstić information content (AvgIpc) is 3.25. The van der Waals surface area contributed by atoms with Crippen LogP contribution in [-0.2, 0) is 0 Å². The molecule has 0 saturated carbocycles. The van der Waals surface area contributed by atoms with Crippen molar-refractivity contribution in [1.29, 1.82) is 0 Å². The van der Waals surface area contributed by atoms with Gasteiger partial charge in [0.2, 0.25) is 0 Å². The van der Waals surface area contributed by atoms with Gasteiger partial charge >= 0.3 is 0 Å². The lowest BCUT2D eigenvalue weighted by Gasteiger charge is -2.13. The van der Waals surface area contributed by atoms with E-state index in [1.165, 1.54) is 12.4 Å². The Bertz CT molecular complexity index is 1310. The van der Waals surface area contributed by atoms with Crippen molar-refractivity contribution < 1.29 is 4.39 Å². The van der Waals surface area contributed by atoms with Gasteiger partial charge in [-0.25, -0.2) is 9.37 Å². The summed E-state index contributed by atoms with van der Waals surface area (Å²) in [7, 11) is 0. The number of rotatable bonds is 3. The number of benzene rings is 2. The van der Waals surface area contributed by atoms with Crippen LogP contribution in [0.15, 0.2) is 61.2 Å². The number of anilines is 2. The van der Waals surface area contributed by atoms with E-state index >= 15 is 0 Å². The second-order valence-electron chi connectivity index (χ2n) is 6.51. The largest absolute Gasteiger partial charge is 0.340 e. The van der Waals surface area contributed by atoms with E-state index in [9.17, 15) is 4.39 Å². The maximum absolute atomic E-state index is 13.6. The molecule has 5 aromatic rings. The van der Waals surface area contributed by atoms with Crippen LogP contribution >= 0.6 is 0 Å². The van der Waals surface area contributed by atoms with Crippen LogP contribution in [0.25, 0.3) is 33.1 Å². The van der Waals surface area contributed by atoms with Crippen LogP contribution in [0.5, 0.6) is 0 Å². The lowest BCUT2D eigenvalue weighted by Crippen LogP contribution is -1.98. The summed E-state index contributed by atoms with van der Waals surface area (Å²) in [5.41, 5.74) is 2.96. The number of fused-ring (bicyclic) bond motifs is 3. The molecule has 0 aliphatic carbocycles. The zero-order valence-corrected chi connectivity index (χ0v) is 14.9. The molecule has 0 aliphatic rings. The molecule has 2 N–H and O–H groups in total. The Morgan fingerprint density at radius 3 is 2.79 bits per heavy atom. The second kappa shape index (κ2) is 6.38. The van der Waals surface area contributed by atoms with Gasteiger partial charge in [0.25, 0.3) is 0 Å². The quantitative estimate of drug-likeness (QED) is 0.448. The summed E-state index contributed by atoms with van der Waals surface area (Å²) >= 11 is 0. The Balaban J connectivity index is 1.77. The Hall–Kier alpha value is -3.87. The number of nitrogens with one attached hydrogen (secondary N) is 2. The van der Waals surface area contributed by atoms with Gasteiger partial charge < -0.3 is 10.3 Å².